The van der Waals surface area contributed by atoms with E-state index in [9.17, 15) is 167 Å². The monoisotopic (exact) mass is 1370 g/mol. The molecule has 0 aliphatic rings. The predicted molar refractivity (Wildman–Crippen MR) is 252 cm³/mol. The van der Waals surface area contributed by atoms with Crippen LogP contribution in [0.25, 0.3) is 0 Å². The van der Waals surface area contributed by atoms with Gasteiger partial charge in [0.15, 0.2) is 0 Å². The maximum atomic E-state index is 12.3. The molecular formula is C23H56N6O40P10. The second-order valence-electron chi connectivity index (χ2n) is 15.8. The van der Waals surface area contributed by atoms with Gasteiger partial charge in [0, 0.05) is 52.4 Å². The largest absolute Gasteiger partial charge is 0.480 e. The van der Waals surface area contributed by atoms with Crippen molar-refractivity contribution in [2.75, 3.05) is 85.1 Å². The first-order chi connectivity index (χ1) is 34.7. The zero-order valence-electron chi connectivity index (χ0n) is 39.0. The summed E-state index contributed by atoms with van der Waals surface area (Å²) in [6.45, 7) is -11.3. The lowest BCUT2D eigenvalue weighted by atomic mass is 10.3. The first-order valence-corrected chi connectivity index (χ1v) is 36.5. The van der Waals surface area contributed by atoms with Crippen LogP contribution >= 0.6 is 76.0 Å². The van der Waals surface area contributed by atoms with E-state index in [2.05, 4.69) is 0 Å². The quantitative estimate of drug-likeness (QED) is 0.0257. The van der Waals surface area contributed by atoms with Gasteiger partial charge in [0.1, 0.15) is 0 Å². The van der Waals surface area contributed by atoms with E-state index in [1.54, 1.807) is 0 Å². The number of carboxylic acid groups (broad SMARTS) is 5. The first-order valence-electron chi connectivity index (χ1n) is 19.7. The molecule has 25 N–H and O–H groups in total. The van der Waals surface area contributed by atoms with Crippen molar-refractivity contribution in [1.82, 2.24) is 29.4 Å². The van der Waals surface area contributed by atoms with Crippen molar-refractivity contribution < 1.29 is 193 Å². The fourth-order valence-electron chi connectivity index (χ4n) is 6.70. The molecule has 56 heteroatoms. The van der Waals surface area contributed by atoms with Crippen molar-refractivity contribution >= 4 is 106 Å². The van der Waals surface area contributed by atoms with Gasteiger partial charge in [0.2, 0.25) is 27.6 Å². The van der Waals surface area contributed by atoms with Crippen LogP contribution < -0.4 is 0 Å². The molecule has 0 radical (unpaired) electrons. The van der Waals surface area contributed by atoms with Crippen LogP contribution in [0, 0.1) is 0 Å². The van der Waals surface area contributed by atoms with Crippen LogP contribution in [0.15, 0.2) is 0 Å². The zero-order chi connectivity index (χ0) is 63.4. The first kappa shape index (κ1) is 79.7. The molecule has 0 aromatic rings. The molecule has 0 saturated heterocycles. The van der Waals surface area contributed by atoms with Crippen molar-refractivity contribution in [3.63, 3.8) is 0 Å². The highest BCUT2D eigenvalue weighted by Crippen LogP contribution is 2.71. The van der Waals surface area contributed by atoms with Crippen molar-refractivity contribution in [3.05, 3.63) is 0 Å². The van der Waals surface area contributed by atoms with E-state index in [0.29, 0.717) is 0 Å². The lowest BCUT2D eigenvalue weighted by molar-refractivity contribution is -0.143. The molecule has 46 nitrogen and oxygen atoms in total. The van der Waals surface area contributed by atoms with Crippen molar-refractivity contribution in [2.24, 2.45) is 0 Å². The normalized spacial score (nSPS) is 14.2. The molecule has 0 rings (SSSR count). The summed E-state index contributed by atoms with van der Waals surface area (Å²) in [6.07, 6.45) is 0. The Morgan fingerprint density at radius 3 is 0.544 bits per heavy atom. The van der Waals surface area contributed by atoms with Crippen LogP contribution in [-0.4, -0.2) is 295 Å². The molecule has 79 heavy (non-hydrogen) atoms. The van der Waals surface area contributed by atoms with Gasteiger partial charge in [-0.3, -0.25) is 99.0 Å². The average Bonchev–Trinajstić information content (AvgIpc) is 3.09. The average molecular weight is 1370 g/mol. The number of carboxylic acids is 5. The Labute approximate surface area is 440 Å². The summed E-state index contributed by atoms with van der Waals surface area (Å²) < 4.78 is 121. The molecule has 0 heterocycles. The Morgan fingerprint density at radius 1 is 0.241 bits per heavy atom. The van der Waals surface area contributed by atoms with Crippen LogP contribution in [0.4, 0.5) is 0 Å². The van der Waals surface area contributed by atoms with Gasteiger partial charge in [-0.1, -0.05) is 0 Å². The van der Waals surface area contributed by atoms with Crippen LogP contribution in [0.1, 0.15) is 0 Å². The van der Waals surface area contributed by atoms with Crippen LogP contribution in [0.3, 0.4) is 0 Å². The fraction of sp³-hybridized carbons (Fsp3) is 0.783. The van der Waals surface area contributed by atoms with Gasteiger partial charge in [0.05, 0.1) is 32.7 Å². The third-order valence-corrected chi connectivity index (χ3v) is 27.1. The lowest BCUT2D eigenvalue weighted by Gasteiger charge is -2.41. The summed E-state index contributed by atoms with van der Waals surface area (Å²) in [7, 11) is -66.1. The minimum absolute atomic E-state index is 0.000836. The van der Waals surface area contributed by atoms with E-state index in [0.717, 1.165) is 9.80 Å². The van der Waals surface area contributed by atoms with E-state index in [1.807, 2.05) is 0 Å². The molecule has 0 fully saturated rings. The Morgan fingerprint density at radius 2 is 0.392 bits per heavy atom. The molecule has 0 aliphatic carbocycles. The van der Waals surface area contributed by atoms with E-state index in [-0.39, 0.29) is 26.2 Å². The molecule has 0 amide bonds. The molecule has 0 saturated carbocycles. The summed E-state index contributed by atoms with van der Waals surface area (Å²) in [5.41, 5.74) is -19.9. The van der Waals surface area contributed by atoms with Gasteiger partial charge in [-0.25, -0.2) is 0 Å². The Balaban J connectivity index is 0. The molecule has 0 atom stereocenters. The smallest absolute Gasteiger partial charge is 0.355 e. The maximum Gasteiger partial charge on any atom is 0.355 e. The molecule has 0 spiro atoms. The minimum Gasteiger partial charge on any atom is -0.480 e. The van der Waals surface area contributed by atoms with E-state index in [4.69, 9.17) is 25.5 Å². The second kappa shape index (κ2) is 30.6. The SMILES string of the molecule is O=C(O)CN(CCN(CC(=O)O)CC(=O)O)CCN(CC(=O)O)CC(=O)O.O=P(O)(O)C(N(CCN(C(P(=O)(O)O)P(=O)(O)O)C(P(=O)(O)O)P(=O)(O)O)CCN(C(P(=O)(O)O)P(=O)(O)O)C(P(=O)(O)O)P(=O)(O)O)P(=O)(O)O. The van der Waals surface area contributed by atoms with E-state index < -0.39 is 207 Å². The predicted octanol–water partition coefficient (Wildman–Crippen LogP) is -7.60. The molecule has 468 valence electrons. The summed E-state index contributed by atoms with van der Waals surface area (Å²) >= 11 is 0. The number of hydrogen-bond acceptors (Lipinski definition) is 21. The van der Waals surface area contributed by atoms with Crippen molar-refractivity contribution in [3.8, 4) is 0 Å². The fourth-order valence-corrected chi connectivity index (χ4v) is 21.8. The van der Waals surface area contributed by atoms with Gasteiger partial charge in [-0.05, 0) is 0 Å². The molecular weight excluding hydrogens is 1310 g/mol. The molecule has 0 aromatic heterocycles. The van der Waals surface area contributed by atoms with E-state index in [1.165, 1.54) is 4.90 Å². The number of nitrogens with zero attached hydrogens (tertiary/aromatic N) is 6. The highest BCUT2D eigenvalue weighted by Gasteiger charge is 2.61. The number of carbonyl (C=O) groups is 5. The van der Waals surface area contributed by atoms with Crippen LogP contribution in [-0.2, 0) is 69.6 Å². The molecule has 0 unspecified atom stereocenters. The summed E-state index contributed by atoms with van der Waals surface area (Å²) in [6, 6.07) is 0. The maximum absolute atomic E-state index is 12.3. The van der Waals surface area contributed by atoms with Crippen molar-refractivity contribution in [1.29, 1.82) is 0 Å². The van der Waals surface area contributed by atoms with Crippen LogP contribution in [0.5, 0.6) is 0 Å². The Kier molecular flexibility index (Phi) is 30.9. The Bertz CT molecular complexity index is 2240. The van der Waals surface area contributed by atoms with Gasteiger partial charge in [0.25, 0.3) is 0 Å². The number of aliphatic carboxylic acids is 5. The molecule has 0 aliphatic heterocycles. The van der Waals surface area contributed by atoms with E-state index >= 15 is 0 Å². The highest BCUT2D eigenvalue weighted by atomic mass is 31.3. The molecule has 0 aromatic carbocycles. The third kappa shape index (κ3) is 30.3. The van der Waals surface area contributed by atoms with Gasteiger partial charge in [-0.15, -0.1) is 0 Å². The number of rotatable bonds is 37. The second-order valence-corrected chi connectivity index (χ2v) is 34.5. The van der Waals surface area contributed by atoms with Gasteiger partial charge >= 0.3 is 106 Å². The standard InChI is InChI=1S/C14H23N3O10.C9H33N3O30P10/c18-10(19)5-15(1-3-16(6-11(20)21)7-12(22)23)2-4-17(8-13(24)25)9-14(26)27;13-43(14,15)5(44(16,17)18)10(1-3-11(6(45(19,20)21)46(22,23)24)7(47(25,26)27)48(28,29)30)2-4-12(8(49(31,32)33)50(34,35)36)9(51(37,38)39)52(40,41)42/h1-9H2,(H,18,19)(H,20,21)(H,22,23)(H,24,25)(H,26,27);5-9H,1-4H2,(H2,13,14,15)(H2,16,17,18)(H2,19,20,21)(H2,22,23,24)(H2,25,26,27)(H2,28,29,30)(H2,31,32,33)(H2,34,35,36)(H2,37,38,39)(H2,40,41,42). The number of hydrogen-bond donors (Lipinski definition) is 25. The summed E-state index contributed by atoms with van der Waals surface area (Å²) in [4.78, 5) is 248. The van der Waals surface area contributed by atoms with Crippen LogP contribution in [0.2, 0.25) is 0 Å². The topological polar surface area (TPSA) is 781 Å². The minimum atomic E-state index is -6.63. The highest BCUT2D eigenvalue weighted by molar-refractivity contribution is 7.73. The summed E-state index contributed by atoms with van der Waals surface area (Å²) in [5, 5.41) is 44.1. The third-order valence-electron chi connectivity index (χ3n) is 9.07. The summed E-state index contributed by atoms with van der Waals surface area (Å²) in [5.74, 6) is -6.16. The molecule has 0 bridgehead atoms. The lowest BCUT2D eigenvalue weighted by Crippen LogP contribution is -2.51. The zero-order valence-corrected chi connectivity index (χ0v) is 48.0. The van der Waals surface area contributed by atoms with Crippen molar-refractivity contribution in [2.45, 2.75) is 27.6 Å². The van der Waals surface area contributed by atoms with Gasteiger partial charge < -0.3 is 123 Å². The van der Waals surface area contributed by atoms with Gasteiger partial charge in [-0.2, -0.15) is 0 Å². The Hall–Kier alpha value is -1.39.